The maximum Gasteiger partial charge on any atom is 0.264 e. The van der Waals surface area contributed by atoms with Gasteiger partial charge in [-0.05, 0) is 36.4 Å². The number of sulfonamides is 1. The van der Waals surface area contributed by atoms with E-state index in [4.69, 9.17) is 10.5 Å². The number of fused-ring (bicyclic) bond motifs is 1. The van der Waals surface area contributed by atoms with Crippen molar-refractivity contribution in [1.82, 2.24) is 20.2 Å². The van der Waals surface area contributed by atoms with Crippen LogP contribution in [0.15, 0.2) is 53.6 Å². The van der Waals surface area contributed by atoms with Gasteiger partial charge in [-0.2, -0.15) is 5.10 Å². The van der Waals surface area contributed by atoms with Gasteiger partial charge in [0.1, 0.15) is 22.3 Å². The number of nitrogens with zero attached hydrogens (tertiary/aromatic N) is 3. The number of methoxy groups -OCH3 is 1. The molecule has 0 spiro atoms. The molecule has 0 aliphatic rings. The predicted molar refractivity (Wildman–Crippen MR) is 105 cm³/mol. The number of benzene rings is 2. The van der Waals surface area contributed by atoms with E-state index in [1.54, 1.807) is 18.3 Å². The number of rotatable bonds is 5. The fraction of sp³-hybridized carbons (Fsp3) is 0.0556. The summed E-state index contributed by atoms with van der Waals surface area (Å²) in [5.41, 5.74) is 7.04. The lowest BCUT2D eigenvalue weighted by Gasteiger charge is -2.10. The van der Waals surface area contributed by atoms with Gasteiger partial charge >= 0.3 is 0 Å². The first-order valence-corrected chi connectivity index (χ1v) is 9.79. The van der Waals surface area contributed by atoms with E-state index >= 15 is 0 Å². The molecular weight excluding hydrogens is 399 g/mol. The van der Waals surface area contributed by atoms with Crippen LogP contribution in [0.5, 0.6) is 5.75 Å². The Labute approximate surface area is 164 Å². The normalized spacial score (nSPS) is 11.5. The molecule has 0 bridgehead atoms. The number of ether oxygens (including phenoxy) is 1. The third kappa shape index (κ3) is 3.55. The summed E-state index contributed by atoms with van der Waals surface area (Å²) in [7, 11) is -2.78. The number of aromatic amines is 1. The average molecular weight is 414 g/mol. The van der Waals surface area contributed by atoms with Gasteiger partial charge in [0, 0.05) is 23.5 Å². The Morgan fingerprint density at radius 3 is 2.66 bits per heavy atom. The standard InChI is InChI=1S/C18H15FN6O3S/c1-28-12-6-7-14(19)15(8-12)29(26,27)25-11-4-2-10(3-5-11)17-21-9-13-16(20)23-24-18(13)22-17/h2-9,25H,1H3,(H3,20,21,22,23,24). The van der Waals surface area contributed by atoms with Crippen LogP contribution in [0, 0.1) is 5.82 Å². The zero-order valence-corrected chi connectivity index (χ0v) is 15.9. The Bertz CT molecular complexity index is 1310. The Balaban J connectivity index is 1.60. The van der Waals surface area contributed by atoms with Crippen LogP contribution in [-0.2, 0) is 10.0 Å². The van der Waals surface area contributed by atoms with Crippen molar-refractivity contribution in [3.8, 4) is 17.1 Å². The van der Waals surface area contributed by atoms with E-state index in [1.165, 1.54) is 25.3 Å². The zero-order valence-electron chi connectivity index (χ0n) is 15.0. The molecule has 0 amide bonds. The molecule has 4 rings (SSSR count). The van der Waals surface area contributed by atoms with Gasteiger partial charge in [-0.15, -0.1) is 0 Å². The molecule has 4 aromatic rings. The lowest BCUT2D eigenvalue weighted by molar-refractivity contribution is 0.411. The molecule has 4 N–H and O–H groups in total. The number of halogens is 1. The minimum atomic E-state index is -4.14. The monoisotopic (exact) mass is 414 g/mol. The summed E-state index contributed by atoms with van der Waals surface area (Å²) in [6, 6.07) is 9.81. The van der Waals surface area contributed by atoms with E-state index in [0.29, 0.717) is 28.2 Å². The first-order valence-electron chi connectivity index (χ1n) is 8.31. The van der Waals surface area contributed by atoms with Gasteiger partial charge in [0.05, 0.1) is 12.5 Å². The topological polar surface area (TPSA) is 136 Å². The van der Waals surface area contributed by atoms with Crippen molar-refractivity contribution in [2.45, 2.75) is 4.90 Å². The molecule has 148 valence electrons. The maximum atomic E-state index is 14.0. The first kappa shape index (κ1) is 18.6. The largest absolute Gasteiger partial charge is 0.497 e. The Kier molecular flexibility index (Phi) is 4.51. The molecule has 0 saturated heterocycles. The molecule has 0 saturated carbocycles. The van der Waals surface area contributed by atoms with E-state index in [0.717, 1.165) is 12.1 Å². The number of anilines is 2. The van der Waals surface area contributed by atoms with E-state index in [1.807, 2.05) is 0 Å². The molecule has 2 aromatic carbocycles. The molecule has 0 fully saturated rings. The lowest BCUT2D eigenvalue weighted by atomic mass is 10.2. The summed E-state index contributed by atoms with van der Waals surface area (Å²) >= 11 is 0. The second kappa shape index (κ2) is 7.02. The van der Waals surface area contributed by atoms with Gasteiger partial charge in [0.2, 0.25) is 0 Å². The van der Waals surface area contributed by atoms with Crippen LogP contribution in [0.1, 0.15) is 0 Å². The highest BCUT2D eigenvalue weighted by Crippen LogP contribution is 2.25. The average Bonchev–Trinajstić information content (AvgIpc) is 3.09. The van der Waals surface area contributed by atoms with E-state index in [2.05, 4.69) is 24.9 Å². The van der Waals surface area contributed by atoms with Gasteiger partial charge in [-0.25, -0.2) is 22.8 Å². The number of nitrogen functional groups attached to an aromatic ring is 1. The van der Waals surface area contributed by atoms with Gasteiger partial charge in [0.25, 0.3) is 10.0 Å². The summed E-state index contributed by atoms with van der Waals surface area (Å²) in [6.45, 7) is 0. The van der Waals surface area contributed by atoms with Crippen molar-refractivity contribution in [2.75, 3.05) is 17.6 Å². The molecule has 0 aliphatic heterocycles. The molecular formula is C18H15FN6O3S. The molecule has 0 radical (unpaired) electrons. The third-order valence-electron chi connectivity index (χ3n) is 4.16. The molecule has 2 heterocycles. The third-order valence-corrected chi connectivity index (χ3v) is 5.56. The minimum absolute atomic E-state index is 0.230. The van der Waals surface area contributed by atoms with Crippen LogP contribution >= 0.6 is 0 Å². The number of nitrogens with one attached hydrogen (secondary N) is 2. The second-order valence-corrected chi connectivity index (χ2v) is 7.70. The van der Waals surface area contributed by atoms with Crippen molar-refractivity contribution in [3.63, 3.8) is 0 Å². The highest BCUT2D eigenvalue weighted by molar-refractivity contribution is 7.92. The highest BCUT2D eigenvalue weighted by Gasteiger charge is 2.20. The molecule has 2 aromatic heterocycles. The highest BCUT2D eigenvalue weighted by atomic mass is 32.2. The van der Waals surface area contributed by atoms with Crippen molar-refractivity contribution >= 4 is 32.6 Å². The molecule has 0 aliphatic carbocycles. The maximum absolute atomic E-state index is 14.0. The SMILES string of the molecule is COc1ccc(F)c(S(=O)(=O)Nc2ccc(-c3ncc4c(N)[nH]nc4n3)cc2)c1. The summed E-state index contributed by atoms with van der Waals surface area (Å²) in [5, 5.41) is 7.22. The summed E-state index contributed by atoms with van der Waals surface area (Å²) in [5.74, 6) is 0.127. The van der Waals surface area contributed by atoms with Gasteiger partial charge in [-0.3, -0.25) is 9.82 Å². The summed E-state index contributed by atoms with van der Waals surface area (Å²) < 4.78 is 46.4. The molecule has 29 heavy (non-hydrogen) atoms. The number of nitrogens with two attached hydrogens (primary N) is 1. The fourth-order valence-electron chi connectivity index (χ4n) is 2.67. The van der Waals surface area contributed by atoms with Gasteiger partial charge in [-0.1, -0.05) is 0 Å². The Hall–Kier alpha value is -3.73. The fourth-order valence-corrected chi connectivity index (χ4v) is 3.83. The number of hydrogen-bond donors (Lipinski definition) is 3. The molecule has 9 nitrogen and oxygen atoms in total. The molecule has 11 heteroatoms. The van der Waals surface area contributed by atoms with Crippen LogP contribution in [-0.4, -0.2) is 35.7 Å². The predicted octanol–water partition coefficient (Wildman–Crippen LogP) is 2.55. The first-order chi connectivity index (χ1) is 13.9. The second-order valence-electron chi connectivity index (χ2n) is 6.05. The quantitative estimate of drug-likeness (QED) is 0.456. The van der Waals surface area contributed by atoms with Crippen molar-refractivity contribution in [3.05, 3.63) is 54.5 Å². The van der Waals surface area contributed by atoms with E-state index in [9.17, 15) is 12.8 Å². The van der Waals surface area contributed by atoms with Crippen molar-refractivity contribution in [1.29, 1.82) is 0 Å². The smallest absolute Gasteiger partial charge is 0.264 e. The number of hydrogen-bond acceptors (Lipinski definition) is 7. The van der Waals surface area contributed by atoms with E-state index < -0.39 is 20.7 Å². The zero-order chi connectivity index (χ0) is 20.6. The van der Waals surface area contributed by atoms with Crippen molar-refractivity contribution in [2.24, 2.45) is 0 Å². The number of aromatic nitrogens is 4. The van der Waals surface area contributed by atoms with Gasteiger partial charge in [0.15, 0.2) is 11.5 Å². The lowest BCUT2D eigenvalue weighted by Crippen LogP contribution is -2.14. The molecule has 0 unspecified atom stereocenters. The summed E-state index contributed by atoms with van der Waals surface area (Å²) in [6.07, 6.45) is 1.55. The summed E-state index contributed by atoms with van der Waals surface area (Å²) in [4.78, 5) is 8.04. The van der Waals surface area contributed by atoms with Crippen LogP contribution in [0.4, 0.5) is 15.9 Å². The van der Waals surface area contributed by atoms with Crippen LogP contribution in [0.2, 0.25) is 0 Å². The van der Waals surface area contributed by atoms with Crippen LogP contribution < -0.4 is 15.2 Å². The van der Waals surface area contributed by atoms with Crippen LogP contribution in [0.25, 0.3) is 22.4 Å². The van der Waals surface area contributed by atoms with Gasteiger partial charge < -0.3 is 10.5 Å². The van der Waals surface area contributed by atoms with Crippen LogP contribution in [0.3, 0.4) is 0 Å². The molecule has 0 atom stereocenters. The minimum Gasteiger partial charge on any atom is -0.497 e. The number of H-pyrrole nitrogens is 1. The van der Waals surface area contributed by atoms with E-state index in [-0.39, 0.29) is 11.4 Å². The van der Waals surface area contributed by atoms with Crippen molar-refractivity contribution < 1.29 is 17.5 Å². The Morgan fingerprint density at radius 1 is 1.17 bits per heavy atom. The Morgan fingerprint density at radius 2 is 1.93 bits per heavy atom.